The molecule has 0 spiro atoms. The van der Waals surface area contributed by atoms with Crippen LogP contribution in [0.1, 0.15) is 85.2 Å². The number of methoxy groups -OCH3 is 1. The molecule has 2 aromatic carbocycles. The molecule has 2 aromatic rings. The molecular weight excluding hydrogens is 702 g/mol. The first-order valence-corrected chi connectivity index (χ1v) is 18.2. The van der Waals surface area contributed by atoms with Gasteiger partial charge in [-0.2, -0.15) is 0 Å². The molecule has 3 unspecified atom stereocenters. The van der Waals surface area contributed by atoms with Gasteiger partial charge in [0.15, 0.2) is 18.5 Å². The number of ketones is 2. The molecule has 1 aliphatic carbocycles. The second-order valence-electron chi connectivity index (χ2n) is 14.9. The SMILES string of the molecule is COC(=O)N[C@H](C(=O)N1[C@@H](C)CC[C@H]1C(=O)OCC(=O)c1ccc2c(c1)COc1cc3c(cc1-2)CCC(OC(=O)C1CC(C)CN1C(=O)O)C3=O)C(C)C. The van der Waals surface area contributed by atoms with Gasteiger partial charge in [0.1, 0.15) is 30.5 Å². The van der Waals surface area contributed by atoms with Gasteiger partial charge in [0.25, 0.3) is 0 Å². The van der Waals surface area contributed by atoms with E-state index < -0.39 is 66.7 Å². The highest BCUT2D eigenvalue weighted by atomic mass is 16.6. The molecule has 2 fully saturated rings. The van der Waals surface area contributed by atoms with Gasteiger partial charge in [-0.3, -0.25) is 19.3 Å². The number of carboxylic acid groups (broad SMARTS) is 1. The number of nitrogens with one attached hydrogen (secondary N) is 1. The Labute approximate surface area is 312 Å². The molecule has 0 saturated carbocycles. The highest BCUT2D eigenvalue weighted by Gasteiger charge is 2.44. The molecule has 54 heavy (non-hydrogen) atoms. The van der Waals surface area contributed by atoms with Gasteiger partial charge < -0.3 is 34.3 Å². The summed E-state index contributed by atoms with van der Waals surface area (Å²) >= 11 is 0. The van der Waals surface area contributed by atoms with E-state index in [1.54, 1.807) is 38.1 Å². The number of esters is 2. The Hall–Kier alpha value is -5.47. The molecule has 15 heteroatoms. The molecule has 6 atom stereocenters. The van der Waals surface area contributed by atoms with Crippen LogP contribution in [0.15, 0.2) is 30.3 Å². The van der Waals surface area contributed by atoms with Crippen molar-refractivity contribution in [1.82, 2.24) is 15.1 Å². The van der Waals surface area contributed by atoms with Crippen LogP contribution in [0.2, 0.25) is 0 Å². The van der Waals surface area contributed by atoms with Crippen LogP contribution in [0.5, 0.6) is 5.75 Å². The van der Waals surface area contributed by atoms with Crippen LogP contribution in [0, 0.1) is 11.8 Å². The molecule has 0 bridgehead atoms. The van der Waals surface area contributed by atoms with Crippen molar-refractivity contribution in [3.63, 3.8) is 0 Å². The van der Waals surface area contributed by atoms with Crippen LogP contribution in [-0.2, 0) is 41.6 Å². The number of carbonyl (C=O) groups is 7. The van der Waals surface area contributed by atoms with Crippen molar-refractivity contribution >= 4 is 41.6 Å². The van der Waals surface area contributed by atoms with E-state index in [-0.39, 0.29) is 43.2 Å². The van der Waals surface area contributed by atoms with Crippen LogP contribution in [0.4, 0.5) is 9.59 Å². The average Bonchev–Trinajstić information content (AvgIpc) is 3.75. The molecule has 6 rings (SSSR count). The number of aryl methyl sites for hydroxylation is 1. The third-order valence-corrected chi connectivity index (χ3v) is 10.8. The van der Waals surface area contributed by atoms with Crippen molar-refractivity contribution < 1.29 is 57.6 Å². The zero-order chi connectivity index (χ0) is 39.0. The maximum absolute atomic E-state index is 13.5. The number of benzene rings is 2. The Morgan fingerprint density at radius 1 is 0.944 bits per heavy atom. The Bertz CT molecular complexity index is 1890. The summed E-state index contributed by atoms with van der Waals surface area (Å²) in [5, 5.41) is 12.1. The van der Waals surface area contributed by atoms with Gasteiger partial charge in [-0.05, 0) is 85.8 Å². The van der Waals surface area contributed by atoms with Crippen molar-refractivity contribution in [2.75, 3.05) is 20.3 Å². The molecule has 3 heterocycles. The van der Waals surface area contributed by atoms with E-state index in [2.05, 4.69) is 10.1 Å². The summed E-state index contributed by atoms with van der Waals surface area (Å²) in [4.78, 5) is 92.4. The predicted octanol–water partition coefficient (Wildman–Crippen LogP) is 4.16. The number of likely N-dealkylation sites (tertiary alicyclic amines) is 2. The summed E-state index contributed by atoms with van der Waals surface area (Å²) in [5.41, 5.74) is 3.71. The molecule has 288 valence electrons. The summed E-state index contributed by atoms with van der Waals surface area (Å²) in [5.74, 6) is -2.49. The van der Waals surface area contributed by atoms with Gasteiger partial charge in [-0.25, -0.2) is 19.2 Å². The van der Waals surface area contributed by atoms with Crippen molar-refractivity contribution in [3.05, 3.63) is 52.6 Å². The molecule has 3 aliphatic heterocycles. The second kappa shape index (κ2) is 15.5. The van der Waals surface area contributed by atoms with Crippen LogP contribution >= 0.6 is 0 Å². The van der Waals surface area contributed by atoms with Crippen LogP contribution in [0.25, 0.3) is 11.1 Å². The lowest BCUT2D eigenvalue weighted by Crippen LogP contribution is -2.55. The number of alkyl carbamates (subject to hydrolysis) is 1. The molecule has 4 aliphatic rings. The lowest BCUT2D eigenvalue weighted by atomic mass is 9.84. The maximum atomic E-state index is 13.5. The number of hydrogen-bond donors (Lipinski definition) is 2. The van der Waals surface area contributed by atoms with E-state index >= 15 is 0 Å². The fourth-order valence-corrected chi connectivity index (χ4v) is 7.86. The van der Waals surface area contributed by atoms with E-state index in [0.717, 1.165) is 27.2 Å². The van der Waals surface area contributed by atoms with Crippen molar-refractivity contribution in [2.45, 2.75) is 96.7 Å². The number of nitrogens with zero attached hydrogens (tertiary/aromatic N) is 2. The molecule has 0 radical (unpaired) electrons. The van der Waals surface area contributed by atoms with Crippen molar-refractivity contribution in [2.24, 2.45) is 11.8 Å². The summed E-state index contributed by atoms with van der Waals surface area (Å²) in [7, 11) is 1.20. The fraction of sp³-hybridized carbons (Fsp3) is 0.513. The number of hydrogen-bond acceptors (Lipinski definition) is 11. The zero-order valence-corrected chi connectivity index (χ0v) is 30.9. The van der Waals surface area contributed by atoms with Gasteiger partial charge in [-0.1, -0.05) is 32.9 Å². The van der Waals surface area contributed by atoms with Crippen LogP contribution in [-0.4, -0.2) is 107 Å². The first-order chi connectivity index (χ1) is 25.7. The largest absolute Gasteiger partial charge is 0.488 e. The van der Waals surface area contributed by atoms with Gasteiger partial charge >= 0.3 is 24.1 Å². The smallest absolute Gasteiger partial charge is 0.408 e. The minimum atomic E-state index is -1.20. The first kappa shape index (κ1) is 38.3. The van der Waals surface area contributed by atoms with E-state index in [1.165, 1.54) is 12.0 Å². The molecule has 2 saturated heterocycles. The minimum absolute atomic E-state index is 0.00167. The van der Waals surface area contributed by atoms with Crippen molar-refractivity contribution in [3.8, 4) is 16.9 Å². The molecular formula is C39H45N3O12. The Kier molecular flexibility index (Phi) is 11.0. The highest BCUT2D eigenvalue weighted by molar-refractivity contribution is 6.04. The predicted molar refractivity (Wildman–Crippen MR) is 190 cm³/mol. The summed E-state index contributed by atoms with van der Waals surface area (Å²) < 4.78 is 21.7. The van der Waals surface area contributed by atoms with Crippen LogP contribution in [0.3, 0.4) is 0 Å². The monoisotopic (exact) mass is 747 g/mol. The number of carbonyl (C=O) groups excluding carboxylic acids is 6. The number of fused-ring (bicyclic) bond motifs is 4. The Morgan fingerprint density at radius 3 is 2.41 bits per heavy atom. The second-order valence-corrected chi connectivity index (χ2v) is 14.9. The van der Waals surface area contributed by atoms with E-state index in [1.807, 2.05) is 19.9 Å². The first-order valence-electron chi connectivity index (χ1n) is 18.2. The summed E-state index contributed by atoms with van der Waals surface area (Å²) in [6.45, 7) is 7.02. The van der Waals surface area contributed by atoms with E-state index in [9.17, 15) is 38.7 Å². The normalized spacial score (nSPS) is 23.4. The van der Waals surface area contributed by atoms with Crippen LogP contribution < -0.4 is 10.1 Å². The van der Waals surface area contributed by atoms with Gasteiger partial charge in [0, 0.05) is 29.3 Å². The lowest BCUT2D eigenvalue weighted by Gasteiger charge is -2.32. The summed E-state index contributed by atoms with van der Waals surface area (Å²) in [6, 6.07) is 5.55. The van der Waals surface area contributed by atoms with E-state index in [0.29, 0.717) is 42.6 Å². The summed E-state index contributed by atoms with van der Waals surface area (Å²) in [6.07, 6.45) is -1.06. The molecule has 3 amide bonds. The quantitative estimate of drug-likeness (QED) is 0.212. The Morgan fingerprint density at radius 2 is 1.70 bits per heavy atom. The topological polar surface area (TPSA) is 195 Å². The highest BCUT2D eigenvalue weighted by Crippen LogP contribution is 2.42. The standard InChI is InChI=1S/C39H45N3O12/c1-19(2)33(40-38(48)51-5)35(45)42-21(4)6-10-28(42)36(46)53-18-30(43)23-7-9-25-24(13-23)17-52-32-15-26-22(14-27(25)32)8-11-31(34(26)44)54-37(47)29-12-20(3)16-41(29)39(49)50/h7,9,13-15,19-21,28-29,31,33H,6,8,10-12,16-18H2,1-5H3,(H,40,48)(H,49,50)/t20?,21-,28-,29?,31?,33-/m0/s1. The third-order valence-electron chi connectivity index (χ3n) is 10.8. The number of rotatable bonds is 9. The van der Waals surface area contributed by atoms with Gasteiger partial charge in [-0.15, -0.1) is 0 Å². The molecule has 2 N–H and O–H groups in total. The van der Waals surface area contributed by atoms with Crippen molar-refractivity contribution in [1.29, 1.82) is 0 Å². The van der Waals surface area contributed by atoms with Gasteiger partial charge in [0.05, 0.1) is 7.11 Å². The minimum Gasteiger partial charge on any atom is -0.488 e. The average molecular weight is 748 g/mol. The number of ether oxygens (including phenoxy) is 4. The molecule has 15 nitrogen and oxygen atoms in total. The number of amides is 3. The lowest BCUT2D eigenvalue weighted by molar-refractivity contribution is -0.154. The fourth-order valence-electron chi connectivity index (χ4n) is 7.86. The zero-order valence-electron chi connectivity index (χ0n) is 30.9. The molecule has 0 aromatic heterocycles. The van der Waals surface area contributed by atoms with Gasteiger partial charge in [0.2, 0.25) is 11.7 Å². The maximum Gasteiger partial charge on any atom is 0.408 e. The number of Topliss-reactive ketones (excluding diaryl/α,β-unsaturated/α-hetero) is 2. The third kappa shape index (κ3) is 7.48. The Balaban J connectivity index is 1.10. The van der Waals surface area contributed by atoms with E-state index in [4.69, 9.17) is 14.2 Å².